The van der Waals surface area contributed by atoms with Crippen molar-refractivity contribution in [3.63, 3.8) is 0 Å². The summed E-state index contributed by atoms with van der Waals surface area (Å²) in [5.74, 6) is -2.06. The Morgan fingerprint density at radius 2 is 2.18 bits per heavy atom. The van der Waals surface area contributed by atoms with Crippen molar-refractivity contribution < 1.29 is 14.7 Å². The highest BCUT2D eigenvalue weighted by Crippen LogP contribution is 2.33. The van der Waals surface area contributed by atoms with Crippen LogP contribution in [0.25, 0.3) is 0 Å². The first-order chi connectivity index (χ1) is 8.08. The number of carboxylic acid groups (broad SMARTS) is 1. The standard InChI is InChI=1S/C11H14N2O3S/c1-6-5-12-11(17-6)13-9(14)7-3-2-4-8(7)10(15)16/h5,7-8H,2-4H2,1H3,(H,15,16)(H,12,13,14). The number of aryl methyl sites for hydroxylation is 1. The number of hydrogen-bond acceptors (Lipinski definition) is 4. The Bertz CT molecular complexity index is 444. The minimum absolute atomic E-state index is 0.218. The third-order valence-electron chi connectivity index (χ3n) is 3.02. The van der Waals surface area contributed by atoms with Crippen LogP contribution in [0.3, 0.4) is 0 Å². The van der Waals surface area contributed by atoms with Gasteiger partial charge >= 0.3 is 5.97 Å². The van der Waals surface area contributed by atoms with Gasteiger partial charge in [-0.25, -0.2) is 4.98 Å². The van der Waals surface area contributed by atoms with E-state index in [2.05, 4.69) is 10.3 Å². The third kappa shape index (κ3) is 2.63. The summed E-state index contributed by atoms with van der Waals surface area (Å²) < 4.78 is 0. The lowest BCUT2D eigenvalue weighted by Crippen LogP contribution is -2.29. The molecule has 5 nitrogen and oxygen atoms in total. The van der Waals surface area contributed by atoms with E-state index in [1.807, 2.05) is 6.92 Å². The van der Waals surface area contributed by atoms with Crippen molar-refractivity contribution in [2.75, 3.05) is 5.32 Å². The number of aliphatic carboxylic acids is 1. The van der Waals surface area contributed by atoms with Crippen molar-refractivity contribution in [3.8, 4) is 0 Å². The SMILES string of the molecule is Cc1cnc(NC(=O)C2CCCC2C(=O)O)s1. The predicted octanol–water partition coefficient (Wildman–Crippen LogP) is 1.89. The van der Waals surface area contributed by atoms with Crippen molar-refractivity contribution in [1.82, 2.24) is 4.98 Å². The summed E-state index contributed by atoms with van der Waals surface area (Å²) >= 11 is 1.39. The average Bonchev–Trinajstić information content (AvgIpc) is 2.86. The zero-order valence-electron chi connectivity index (χ0n) is 9.47. The molecule has 2 N–H and O–H groups in total. The molecule has 0 aliphatic heterocycles. The highest BCUT2D eigenvalue weighted by atomic mass is 32.1. The second kappa shape index (κ2) is 4.83. The van der Waals surface area contributed by atoms with Gasteiger partial charge in [0.1, 0.15) is 0 Å². The van der Waals surface area contributed by atoms with Crippen LogP contribution in [-0.4, -0.2) is 22.0 Å². The van der Waals surface area contributed by atoms with Crippen LogP contribution >= 0.6 is 11.3 Å². The van der Waals surface area contributed by atoms with Crippen molar-refractivity contribution >= 4 is 28.3 Å². The maximum absolute atomic E-state index is 11.9. The Morgan fingerprint density at radius 1 is 1.47 bits per heavy atom. The summed E-state index contributed by atoms with van der Waals surface area (Å²) in [6.45, 7) is 1.91. The highest BCUT2D eigenvalue weighted by Gasteiger charge is 2.37. The van der Waals surface area contributed by atoms with Crippen LogP contribution in [0.15, 0.2) is 6.20 Å². The summed E-state index contributed by atoms with van der Waals surface area (Å²) in [7, 11) is 0. The van der Waals surface area contributed by atoms with Crippen LogP contribution in [0.2, 0.25) is 0 Å². The Morgan fingerprint density at radius 3 is 2.76 bits per heavy atom. The van der Waals surface area contributed by atoms with Gasteiger partial charge in [0.05, 0.1) is 11.8 Å². The van der Waals surface area contributed by atoms with Crippen molar-refractivity contribution in [2.45, 2.75) is 26.2 Å². The Hall–Kier alpha value is -1.43. The summed E-state index contributed by atoms with van der Waals surface area (Å²) in [6.07, 6.45) is 3.72. The van der Waals surface area contributed by atoms with Crippen molar-refractivity contribution in [1.29, 1.82) is 0 Å². The van der Waals surface area contributed by atoms with Crippen LogP contribution in [-0.2, 0) is 9.59 Å². The van der Waals surface area contributed by atoms with Crippen LogP contribution in [0.1, 0.15) is 24.1 Å². The van der Waals surface area contributed by atoms with Crippen LogP contribution in [0, 0.1) is 18.8 Å². The first-order valence-electron chi connectivity index (χ1n) is 5.54. The van der Waals surface area contributed by atoms with E-state index in [9.17, 15) is 9.59 Å². The molecular formula is C11H14N2O3S. The van der Waals surface area contributed by atoms with E-state index in [-0.39, 0.29) is 5.91 Å². The monoisotopic (exact) mass is 254 g/mol. The average molecular weight is 254 g/mol. The van der Waals surface area contributed by atoms with Gasteiger partial charge < -0.3 is 10.4 Å². The molecule has 17 heavy (non-hydrogen) atoms. The van der Waals surface area contributed by atoms with E-state index in [0.717, 1.165) is 11.3 Å². The van der Waals surface area contributed by atoms with Gasteiger partial charge in [-0.3, -0.25) is 9.59 Å². The second-order valence-electron chi connectivity index (χ2n) is 4.25. The number of carboxylic acids is 1. The van der Waals surface area contributed by atoms with Gasteiger partial charge in [-0.15, -0.1) is 11.3 Å². The Labute approximate surface area is 103 Å². The number of aromatic nitrogens is 1. The first-order valence-corrected chi connectivity index (χ1v) is 6.35. The van der Waals surface area contributed by atoms with E-state index < -0.39 is 17.8 Å². The molecule has 2 rings (SSSR count). The molecule has 1 aliphatic carbocycles. The molecule has 1 saturated carbocycles. The van der Waals surface area contributed by atoms with E-state index in [1.54, 1.807) is 6.20 Å². The van der Waals surface area contributed by atoms with Gasteiger partial charge in [-0.1, -0.05) is 6.42 Å². The molecule has 1 aromatic rings. The van der Waals surface area contributed by atoms with Gasteiger partial charge in [0.15, 0.2) is 5.13 Å². The molecule has 2 unspecified atom stereocenters. The van der Waals surface area contributed by atoms with E-state index in [0.29, 0.717) is 18.0 Å². The molecule has 1 fully saturated rings. The second-order valence-corrected chi connectivity index (χ2v) is 5.48. The fourth-order valence-electron chi connectivity index (χ4n) is 2.18. The van der Waals surface area contributed by atoms with E-state index in [4.69, 9.17) is 5.11 Å². The molecule has 6 heteroatoms. The fraction of sp³-hybridized carbons (Fsp3) is 0.545. The maximum atomic E-state index is 11.9. The van der Waals surface area contributed by atoms with Gasteiger partial charge in [0.25, 0.3) is 0 Å². The molecule has 0 saturated heterocycles. The van der Waals surface area contributed by atoms with Crippen molar-refractivity contribution in [2.24, 2.45) is 11.8 Å². The molecule has 0 bridgehead atoms. The number of amides is 1. The zero-order chi connectivity index (χ0) is 12.4. The van der Waals surface area contributed by atoms with Gasteiger partial charge in [0.2, 0.25) is 5.91 Å². The molecule has 2 atom stereocenters. The normalized spacial score (nSPS) is 23.6. The quantitative estimate of drug-likeness (QED) is 0.863. The molecule has 0 aromatic carbocycles. The number of nitrogens with one attached hydrogen (secondary N) is 1. The number of anilines is 1. The van der Waals surface area contributed by atoms with E-state index in [1.165, 1.54) is 11.3 Å². The Kier molecular flexibility index (Phi) is 3.42. The topological polar surface area (TPSA) is 79.3 Å². The Balaban J connectivity index is 2.02. The molecule has 92 valence electrons. The van der Waals surface area contributed by atoms with E-state index >= 15 is 0 Å². The molecule has 1 heterocycles. The smallest absolute Gasteiger partial charge is 0.307 e. The summed E-state index contributed by atoms with van der Waals surface area (Å²) in [5.41, 5.74) is 0. The number of carbonyl (C=O) groups excluding carboxylic acids is 1. The molecule has 1 amide bonds. The van der Waals surface area contributed by atoms with Gasteiger partial charge in [0, 0.05) is 11.1 Å². The van der Waals surface area contributed by atoms with Gasteiger partial charge in [-0.05, 0) is 19.8 Å². The molecule has 0 radical (unpaired) electrons. The number of rotatable bonds is 3. The van der Waals surface area contributed by atoms with Crippen LogP contribution in [0.4, 0.5) is 5.13 Å². The summed E-state index contributed by atoms with van der Waals surface area (Å²) in [6, 6.07) is 0. The van der Waals surface area contributed by atoms with Crippen LogP contribution < -0.4 is 5.32 Å². The first kappa shape index (κ1) is 12.0. The highest BCUT2D eigenvalue weighted by molar-refractivity contribution is 7.15. The van der Waals surface area contributed by atoms with Crippen molar-refractivity contribution in [3.05, 3.63) is 11.1 Å². The minimum atomic E-state index is -0.877. The molecule has 0 spiro atoms. The number of thiazole rings is 1. The lowest BCUT2D eigenvalue weighted by molar-refractivity contribution is -0.145. The molecule has 1 aromatic heterocycles. The molecule has 1 aliphatic rings. The number of carbonyl (C=O) groups is 2. The molecular weight excluding hydrogens is 240 g/mol. The predicted molar refractivity (Wildman–Crippen MR) is 63.9 cm³/mol. The number of nitrogens with zero attached hydrogens (tertiary/aromatic N) is 1. The van der Waals surface area contributed by atoms with Gasteiger partial charge in [-0.2, -0.15) is 0 Å². The summed E-state index contributed by atoms with van der Waals surface area (Å²) in [5, 5.41) is 12.2. The lowest BCUT2D eigenvalue weighted by atomic mass is 9.95. The largest absolute Gasteiger partial charge is 0.481 e. The lowest BCUT2D eigenvalue weighted by Gasteiger charge is -2.14. The maximum Gasteiger partial charge on any atom is 0.307 e. The summed E-state index contributed by atoms with van der Waals surface area (Å²) in [4.78, 5) is 28.0. The number of hydrogen-bond donors (Lipinski definition) is 2. The van der Waals surface area contributed by atoms with Crippen LogP contribution in [0.5, 0.6) is 0 Å². The third-order valence-corrected chi connectivity index (χ3v) is 3.85. The zero-order valence-corrected chi connectivity index (χ0v) is 10.3. The minimum Gasteiger partial charge on any atom is -0.481 e. The fourth-order valence-corrected chi connectivity index (χ4v) is 2.85.